The van der Waals surface area contributed by atoms with E-state index in [1.165, 1.54) is 0 Å². The predicted octanol–water partition coefficient (Wildman–Crippen LogP) is 2.27. The van der Waals surface area contributed by atoms with E-state index in [-0.39, 0.29) is 11.9 Å². The molecule has 0 heterocycles. The van der Waals surface area contributed by atoms with Crippen molar-refractivity contribution in [3.63, 3.8) is 0 Å². The largest absolute Gasteiger partial charge is 0.399 e. The monoisotopic (exact) mass is 218 g/mol. The molecule has 3 heteroatoms. The fourth-order valence-electron chi connectivity index (χ4n) is 1.43. The summed E-state index contributed by atoms with van der Waals surface area (Å²) < 4.78 is 0. The number of carbonyl (C=O) groups excluding carboxylic acids is 1. The molecule has 3 nitrogen and oxygen atoms in total. The van der Waals surface area contributed by atoms with Gasteiger partial charge in [-0.2, -0.15) is 0 Å². The van der Waals surface area contributed by atoms with Gasteiger partial charge in [0, 0.05) is 17.3 Å². The number of benzene rings is 1. The molecule has 1 rings (SSSR count). The van der Waals surface area contributed by atoms with Crippen LogP contribution in [0.2, 0.25) is 0 Å². The van der Waals surface area contributed by atoms with Crippen LogP contribution in [0.5, 0.6) is 0 Å². The van der Waals surface area contributed by atoms with Gasteiger partial charge in [-0.25, -0.2) is 0 Å². The standard InChI is InChI=1S/C13H18N2O/c1-4-5-10(3)15-13(16)11-6-7-12(14)9(2)8-11/h4,6-8,10H,1,5,14H2,2-3H3,(H,15,16). The maximum atomic E-state index is 11.8. The number of aryl methyl sites for hydroxylation is 1. The summed E-state index contributed by atoms with van der Waals surface area (Å²) in [5, 5.41) is 2.89. The maximum Gasteiger partial charge on any atom is 0.251 e. The van der Waals surface area contributed by atoms with Crippen LogP contribution in [-0.2, 0) is 0 Å². The SMILES string of the molecule is C=CCC(C)NC(=O)c1ccc(N)c(C)c1. The highest BCUT2D eigenvalue weighted by Gasteiger charge is 2.09. The summed E-state index contributed by atoms with van der Waals surface area (Å²) in [6.07, 6.45) is 2.55. The van der Waals surface area contributed by atoms with Crippen molar-refractivity contribution in [2.75, 3.05) is 5.73 Å². The van der Waals surface area contributed by atoms with Crippen molar-refractivity contribution in [2.45, 2.75) is 26.3 Å². The quantitative estimate of drug-likeness (QED) is 0.601. The fraction of sp³-hybridized carbons (Fsp3) is 0.308. The molecule has 0 saturated carbocycles. The van der Waals surface area contributed by atoms with E-state index in [1.54, 1.807) is 24.3 Å². The first-order valence-electron chi connectivity index (χ1n) is 5.32. The van der Waals surface area contributed by atoms with Crippen LogP contribution in [0.1, 0.15) is 29.3 Å². The second-order valence-corrected chi connectivity index (χ2v) is 3.97. The van der Waals surface area contributed by atoms with Crippen molar-refractivity contribution in [3.05, 3.63) is 42.0 Å². The summed E-state index contributed by atoms with van der Waals surface area (Å²) in [5.41, 5.74) is 7.96. The molecule has 0 fully saturated rings. The zero-order chi connectivity index (χ0) is 12.1. The van der Waals surface area contributed by atoms with Crippen molar-refractivity contribution in [3.8, 4) is 0 Å². The fourth-order valence-corrected chi connectivity index (χ4v) is 1.43. The van der Waals surface area contributed by atoms with Crippen molar-refractivity contribution in [1.29, 1.82) is 0 Å². The summed E-state index contributed by atoms with van der Waals surface area (Å²) in [6.45, 7) is 7.47. The Balaban J connectivity index is 2.73. The zero-order valence-electron chi connectivity index (χ0n) is 9.79. The Kier molecular flexibility index (Phi) is 4.11. The Morgan fingerprint density at radius 2 is 2.31 bits per heavy atom. The van der Waals surface area contributed by atoms with Gasteiger partial charge in [0.1, 0.15) is 0 Å². The van der Waals surface area contributed by atoms with E-state index in [4.69, 9.17) is 5.73 Å². The molecule has 0 spiro atoms. The Morgan fingerprint density at radius 3 is 2.88 bits per heavy atom. The number of anilines is 1. The van der Waals surface area contributed by atoms with Crippen LogP contribution < -0.4 is 11.1 Å². The minimum Gasteiger partial charge on any atom is -0.399 e. The van der Waals surface area contributed by atoms with Crippen LogP contribution in [0.15, 0.2) is 30.9 Å². The number of carbonyl (C=O) groups is 1. The summed E-state index contributed by atoms with van der Waals surface area (Å²) in [6, 6.07) is 5.38. The molecule has 1 atom stereocenters. The number of nitrogens with two attached hydrogens (primary N) is 1. The van der Waals surface area contributed by atoms with E-state index in [9.17, 15) is 4.79 Å². The minimum absolute atomic E-state index is 0.0718. The van der Waals surface area contributed by atoms with Gasteiger partial charge in [0.15, 0.2) is 0 Å². The number of rotatable bonds is 4. The normalized spacial score (nSPS) is 11.9. The second kappa shape index (κ2) is 5.35. The lowest BCUT2D eigenvalue weighted by molar-refractivity contribution is 0.0940. The smallest absolute Gasteiger partial charge is 0.251 e. The predicted molar refractivity (Wildman–Crippen MR) is 67.3 cm³/mol. The molecular weight excluding hydrogens is 200 g/mol. The number of hydrogen-bond donors (Lipinski definition) is 2. The Labute approximate surface area is 96.3 Å². The highest BCUT2D eigenvalue weighted by molar-refractivity contribution is 5.95. The summed E-state index contributed by atoms with van der Waals surface area (Å²) in [7, 11) is 0. The summed E-state index contributed by atoms with van der Waals surface area (Å²) >= 11 is 0. The van der Waals surface area contributed by atoms with Crippen molar-refractivity contribution < 1.29 is 4.79 Å². The molecule has 1 unspecified atom stereocenters. The van der Waals surface area contributed by atoms with Crippen LogP contribution in [0.3, 0.4) is 0 Å². The summed E-state index contributed by atoms with van der Waals surface area (Å²) in [4.78, 5) is 11.8. The van der Waals surface area contributed by atoms with Crippen LogP contribution in [-0.4, -0.2) is 11.9 Å². The van der Waals surface area contributed by atoms with Crippen molar-refractivity contribution in [1.82, 2.24) is 5.32 Å². The molecule has 0 aromatic heterocycles. The molecule has 1 amide bonds. The molecule has 0 saturated heterocycles. The molecule has 0 bridgehead atoms. The molecule has 16 heavy (non-hydrogen) atoms. The third-order valence-corrected chi connectivity index (χ3v) is 2.43. The van der Waals surface area contributed by atoms with Gasteiger partial charge >= 0.3 is 0 Å². The molecule has 0 aliphatic carbocycles. The second-order valence-electron chi connectivity index (χ2n) is 3.97. The van der Waals surface area contributed by atoms with Gasteiger partial charge in [0.25, 0.3) is 5.91 Å². The van der Waals surface area contributed by atoms with Gasteiger partial charge in [0.2, 0.25) is 0 Å². The van der Waals surface area contributed by atoms with Gasteiger partial charge in [0.05, 0.1) is 0 Å². The molecule has 1 aromatic rings. The highest BCUT2D eigenvalue weighted by atomic mass is 16.1. The first kappa shape index (κ1) is 12.3. The molecule has 0 aliphatic rings. The van der Waals surface area contributed by atoms with Crippen LogP contribution in [0.4, 0.5) is 5.69 Å². The summed E-state index contributed by atoms with van der Waals surface area (Å²) in [5.74, 6) is -0.0718. The number of amides is 1. The Morgan fingerprint density at radius 1 is 1.62 bits per heavy atom. The van der Waals surface area contributed by atoms with Gasteiger partial charge in [-0.3, -0.25) is 4.79 Å². The molecule has 3 N–H and O–H groups in total. The topological polar surface area (TPSA) is 55.1 Å². The third kappa shape index (κ3) is 3.12. The van der Waals surface area contributed by atoms with Gasteiger partial charge in [-0.05, 0) is 44.0 Å². The van der Waals surface area contributed by atoms with E-state index in [0.29, 0.717) is 11.3 Å². The zero-order valence-corrected chi connectivity index (χ0v) is 9.79. The maximum absolute atomic E-state index is 11.8. The highest BCUT2D eigenvalue weighted by Crippen LogP contribution is 2.12. The van der Waals surface area contributed by atoms with E-state index in [0.717, 1.165) is 12.0 Å². The van der Waals surface area contributed by atoms with E-state index in [1.807, 2.05) is 13.8 Å². The number of nitrogens with one attached hydrogen (secondary N) is 1. The van der Waals surface area contributed by atoms with E-state index < -0.39 is 0 Å². The molecular formula is C13H18N2O. The first-order chi connectivity index (χ1) is 7.54. The van der Waals surface area contributed by atoms with Crippen molar-refractivity contribution >= 4 is 11.6 Å². The van der Waals surface area contributed by atoms with Crippen LogP contribution in [0, 0.1) is 6.92 Å². The average molecular weight is 218 g/mol. The molecule has 0 aliphatic heterocycles. The number of nitrogen functional groups attached to an aromatic ring is 1. The average Bonchev–Trinajstić information content (AvgIpc) is 2.22. The van der Waals surface area contributed by atoms with E-state index >= 15 is 0 Å². The Bertz CT molecular complexity index is 399. The Hall–Kier alpha value is -1.77. The van der Waals surface area contributed by atoms with Crippen LogP contribution in [0.25, 0.3) is 0 Å². The van der Waals surface area contributed by atoms with E-state index in [2.05, 4.69) is 11.9 Å². The van der Waals surface area contributed by atoms with Gasteiger partial charge in [-0.15, -0.1) is 6.58 Å². The molecule has 1 aromatic carbocycles. The van der Waals surface area contributed by atoms with Gasteiger partial charge < -0.3 is 11.1 Å². The van der Waals surface area contributed by atoms with Crippen molar-refractivity contribution in [2.24, 2.45) is 0 Å². The lowest BCUT2D eigenvalue weighted by atomic mass is 10.1. The van der Waals surface area contributed by atoms with Gasteiger partial charge in [-0.1, -0.05) is 6.08 Å². The lowest BCUT2D eigenvalue weighted by Crippen LogP contribution is -2.32. The lowest BCUT2D eigenvalue weighted by Gasteiger charge is -2.12. The molecule has 0 radical (unpaired) electrons. The van der Waals surface area contributed by atoms with Crippen LogP contribution >= 0.6 is 0 Å². The third-order valence-electron chi connectivity index (χ3n) is 2.43. The number of hydrogen-bond acceptors (Lipinski definition) is 2. The first-order valence-corrected chi connectivity index (χ1v) is 5.32. The minimum atomic E-state index is -0.0718. The molecule has 86 valence electrons.